The Kier molecular flexibility index (Phi) is 7.88. The largest absolute Gasteiger partial charge is 0.494 e. The number of rotatable bonds is 7. The molecule has 206 valence electrons. The van der Waals surface area contributed by atoms with Crippen LogP contribution in [0.15, 0.2) is 71.7 Å². The molecule has 5 rings (SSSR count). The van der Waals surface area contributed by atoms with Gasteiger partial charge in [-0.2, -0.15) is 0 Å². The average Bonchev–Trinajstić information content (AvgIpc) is 3.27. The van der Waals surface area contributed by atoms with Crippen molar-refractivity contribution in [2.75, 3.05) is 51.7 Å². The van der Waals surface area contributed by atoms with Crippen molar-refractivity contribution in [3.8, 4) is 5.88 Å². The van der Waals surface area contributed by atoms with Gasteiger partial charge in [0.05, 0.1) is 40.3 Å². The molecule has 0 saturated carbocycles. The normalized spacial score (nSPS) is 14.9. The van der Waals surface area contributed by atoms with E-state index in [1.165, 1.54) is 4.90 Å². The van der Waals surface area contributed by atoms with E-state index in [0.717, 1.165) is 37.1 Å². The standard InChI is InChI=1S/C30H31ClN6O3/c1-35-12-14-37(15-13-35)18-26(38)36(2)25-11-9-21(17-23(25)29(32)39)33-28(19-6-4-3-5-7-19)27-22-10-8-20(31)16-24(22)34-30(27)40/h3-11,16-17,34,40H,12-15,18H2,1-2H3,(H2,32,39). The highest BCUT2D eigenvalue weighted by atomic mass is 35.5. The first-order valence-electron chi connectivity index (χ1n) is 13.0. The number of aliphatic imine (C=N–C) groups is 1. The summed E-state index contributed by atoms with van der Waals surface area (Å²) >= 11 is 6.17. The number of anilines is 1. The van der Waals surface area contributed by atoms with Gasteiger partial charge in [-0.15, -0.1) is 0 Å². The summed E-state index contributed by atoms with van der Waals surface area (Å²) in [5, 5.41) is 12.2. The Labute approximate surface area is 237 Å². The molecule has 0 bridgehead atoms. The van der Waals surface area contributed by atoms with E-state index < -0.39 is 5.91 Å². The highest BCUT2D eigenvalue weighted by Crippen LogP contribution is 2.34. The van der Waals surface area contributed by atoms with Gasteiger partial charge >= 0.3 is 0 Å². The van der Waals surface area contributed by atoms with Crippen LogP contribution in [0.4, 0.5) is 11.4 Å². The van der Waals surface area contributed by atoms with Crippen LogP contribution in [0.1, 0.15) is 21.5 Å². The quantitative estimate of drug-likeness (QED) is 0.296. The van der Waals surface area contributed by atoms with Crippen molar-refractivity contribution < 1.29 is 14.7 Å². The lowest BCUT2D eigenvalue weighted by molar-refractivity contribution is -0.119. The number of aromatic hydroxyl groups is 1. The molecule has 40 heavy (non-hydrogen) atoms. The molecular weight excluding hydrogens is 528 g/mol. The second kappa shape index (κ2) is 11.5. The maximum Gasteiger partial charge on any atom is 0.250 e. The SMILES string of the molecule is CN1CCN(CC(=O)N(C)c2ccc(N=C(c3ccccc3)c3c(O)[nH]c4cc(Cl)ccc34)cc2C(N)=O)CC1. The third-order valence-electron chi connectivity index (χ3n) is 7.20. The Bertz CT molecular complexity index is 1590. The molecular formula is C30H31ClN6O3. The van der Waals surface area contributed by atoms with E-state index >= 15 is 0 Å². The molecule has 9 nitrogen and oxygen atoms in total. The monoisotopic (exact) mass is 558 g/mol. The minimum absolute atomic E-state index is 0.0548. The van der Waals surface area contributed by atoms with E-state index in [0.29, 0.717) is 33.2 Å². The molecule has 0 spiro atoms. The number of amides is 2. The fourth-order valence-corrected chi connectivity index (χ4v) is 5.08. The summed E-state index contributed by atoms with van der Waals surface area (Å²) in [5.41, 5.74) is 9.23. The number of piperazine rings is 1. The number of nitrogens with zero attached hydrogens (tertiary/aromatic N) is 4. The van der Waals surface area contributed by atoms with E-state index in [1.807, 2.05) is 36.4 Å². The van der Waals surface area contributed by atoms with Crippen molar-refractivity contribution in [1.82, 2.24) is 14.8 Å². The third kappa shape index (κ3) is 5.72. The lowest BCUT2D eigenvalue weighted by Gasteiger charge is -2.33. The second-order valence-electron chi connectivity index (χ2n) is 9.96. The van der Waals surface area contributed by atoms with Crippen LogP contribution in [0.25, 0.3) is 10.9 Å². The molecule has 0 radical (unpaired) electrons. The molecule has 2 heterocycles. The summed E-state index contributed by atoms with van der Waals surface area (Å²) in [7, 11) is 3.71. The number of primary amides is 1. The number of hydrogen-bond donors (Lipinski definition) is 3. The Hall–Kier alpha value is -4.18. The van der Waals surface area contributed by atoms with Gasteiger partial charge in [-0.05, 0) is 37.4 Å². The molecule has 2 amide bonds. The van der Waals surface area contributed by atoms with Crippen LogP contribution >= 0.6 is 11.6 Å². The summed E-state index contributed by atoms with van der Waals surface area (Å²) in [5.74, 6) is -0.853. The number of likely N-dealkylation sites (N-methyl/N-ethyl adjacent to an activating group) is 2. The predicted octanol–water partition coefficient (Wildman–Crippen LogP) is 4.01. The Balaban J connectivity index is 1.53. The molecule has 3 aromatic carbocycles. The molecule has 10 heteroatoms. The van der Waals surface area contributed by atoms with Crippen LogP contribution in [-0.2, 0) is 4.79 Å². The Morgan fingerprint density at radius 3 is 2.48 bits per heavy atom. The first-order chi connectivity index (χ1) is 19.2. The number of halogens is 1. The van der Waals surface area contributed by atoms with Gasteiger partial charge in [0.15, 0.2) is 5.88 Å². The molecule has 0 aliphatic carbocycles. The predicted molar refractivity (Wildman–Crippen MR) is 159 cm³/mol. The zero-order valence-corrected chi connectivity index (χ0v) is 23.2. The fourth-order valence-electron chi connectivity index (χ4n) is 4.91. The van der Waals surface area contributed by atoms with Crippen molar-refractivity contribution in [3.05, 3.63) is 88.4 Å². The average molecular weight is 559 g/mol. The van der Waals surface area contributed by atoms with Gasteiger partial charge in [0.2, 0.25) is 5.91 Å². The Morgan fingerprint density at radius 2 is 1.77 bits per heavy atom. The van der Waals surface area contributed by atoms with Gasteiger partial charge in [-0.1, -0.05) is 48.0 Å². The maximum absolute atomic E-state index is 13.1. The topological polar surface area (TPSA) is 118 Å². The summed E-state index contributed by atoms with van der Waals surface area (Å²) in [6, 6.07) is 19.7. The number of aromatic nitrogens is 1. The summed E-state index contributed by atoms with van der Waals surface area (Å²) in [6.45, 7) is 3.67. The molecule has 1 aliphatic rings. The van der Waals surface area contributed by atoms with E-state index in [-0.39, 0.29) is 23.9 Å². The molecule has 0 unspecified atom stereocenters. The third-order valence-corrected chi connectivity index (χ3v) is 7.44. The summed E-state index contributed by atoms with van der Waals surface area (Å²) in [4.78, 5) is 39.3. The van der Waals surface area contributed by atoms with Crippen LogP contribution < -0.4 is 10.6 Å². The number of hydrogen-bond acceptors (Lipinski definition) is 6. The van der Waals surface area contributed by atoms with Crippen LogP contribution in [-0.4, -0.2) is 84.2 Å². The van der Waals surface area contributed by atoms with Crippen molar-refractivity contribution in [1.29, 1.82) is 0 Å². The number of benzene rings is 3. The van der Waals surface area contributed by atoms with Gasteiger partial charge < -0.3 is 25.6 Å². The molecule has 4 aromatic rings. The number of nitrogens with two attached hydrogens (primary N) is 1. The Morgan fingerprint density at radius 1 is 1.05 bits per heavy atom. The van der Waals surface area contributed by atoms with Gasteiger partial charge in [-0.25, -0.2) is 4.99 Å². The number of carbonyl (C=O) groups is 2. The zero-order valence-electron chi connectivity index (χ0n) is 22.4. The minimum Gasteiger partial charge on any atom is -0.494 e. The summed E-state index contributed by atoms with van der Waals surface area (Å²) in [6.07, 6.45) is 0. The molecule has 1 saturated heterocycles. The first-order valence-corrected chi connectivity index (χ1v) is 13.3. The van der Waals surface area contributed by atoms with E-state index in [2.05, 4.69) is 21.8 Å². The van der Waals surface area contributed by atoms with Crippen molar-refractivity contribution >= 4 is 51.4 Å². The van der Waals surface area contributed by atoms with E-state index in [4.69, 9.17) is 22.3 Å². The van der Waals surface area contributed by atoms with Gasteiger partial charge in [-0.3, -0.25) is 14.5 Å². The maximum atomic E-state index is 13.1. The number of aromatic amines is 1. The van der Waals surface area contributed by atoms with Gasteiger partial charge in [0, 0.05) is 49.2 Å². The van der Waals surface area contributed by atoms with Crippen LogP contribution in [0, 0.1) is 0 Å². The van der Waals surface area contributed by atoms with Crippen LogP contribution in [0.3, 0.4) is 0 Å². The van der Waals surface area contributed by atoms with Crippen molar-refractivity contribution in [2.24, 2.45) is 10.7 Å². The fraction of sp³-hybridized carbons (Fsp3) is 0.233. The number of H-pyrrole nitrogens is 1. The van der Waals surface area contributed by atoms with E-state index in [1.54, 1.807) is 37.4 Å². The van der Waals surface area contributed by atoms with Gasteiger partial charge in [0.1, 0.15) is 0 Å². The highest BCUT2D eigenvalue weighted by molar-refractivity contribution is 6.31. The number of nitrogens with one attached hydrogen (secondary N) is 1. The summed E-state index contributed by atoms with van der Waals surface area (Å²) < 4.78 is 0. The smallest absolute Gasteiger partial charge is 0.250 e. The first kappa shape index (κ1) is 27.4. The highest BCUT2D eigenvalue weighted by Gasteiger charge is 2.23. The zero-order chi connectivity index (χ0) is 28.4. The van der Waals surface area contributed by atoms with Gasteiger partial charge in [0.25, 0.3) is 5.91 Å². The molecule has 0 atom stereocenters. The lowest BCUT2D eigenvalue weighted by atomic mass is 10.0. The second-order valence-corrected chi connectivity index (χ2v) is 10.4. The molecule has 1 aromatic heterocycles. The van der Waals surface area contributed by atoms with Crippen LogP contribution in [0.5, 0.6) is 5.88 Å². The molecule has 1 fully saturated rings. The number of fused-ring (bicyclic) bond motifs is 1. The van der Waals surface area contributed by atoms with Crippen LogP contribution in [0.2, 0.25) is 5.02 Å². The molecule has 4 N–H and O–H groups in total. The van der Waals surface area contributed by atoms with Crippen molar-refractivity contribution in [3.63, 3.8) is 0 Å². The molecule has 1 aliphatic heterocycles. The number of carbonyl (C=O) groups excluding carboxylic acids is 2. The van der Waals surface area contributed by atoms with E-state index in [9.17, 15) is 14.7 Å². The lowest BCUT2D eigenvalue weighted by Crippen LogP contribution is -2.48. The minimum atomic E-state index is -0.669. The van der Waals surface area contributed by atoms with Crippen molar-refractivity contribution in [2.45, 2.75) is 0 Å².